The number of nitrogens with zero attached hydrogens (tertiary/aromatic N) is 2. The van der Waals surface area contributed by atoms with Crippen LogP contribution < -0.4 is 21.1 Å². The summed E-state index contributed by atoms with van der Waals surface area (Å²) in [6, 6.07) is 18.7. The lowest BCUT2D eigenvalue weighted by Crippen LogP contribution is -2.38. The van der Waals surface area contributed by atoms with Crippen LogP contribution in [0.5, 0.6) is 5.75 Å². The number of rotatable bonds is 7. The van der Waals surface area contributed by atoms with Crippen LogP contribution in [0.4, 0.5) is 22.1 Å². The summed E-state index contributed by atoms with van der Waals surface area (Å²) in [6.45, 7) is 6.65. The van der Waals surface area contributed by atoms with E-state index in [1.54, 1.807) is 0 Å². The van der Waals surface area contributed by atoms with Crippen LogP contribution >= 0.6 is 0 Å². The van der Waals surface area contributed by atoms with Crippen LogP contribution in [0.15, 0.2) is 65.2 Å². The average molecular weight is 488 g/mol. The van der Waals surface area contributed by atoms with E-state index >= 15 is 0 Å². The molecule has 0 bridgehead atoms. The SMILES string of the molecule is Cc1cccc(NC(=O)Nc2ccc(-c3ccc(OCCN4CCOCC4)c4noc(N)c34)cc2)c1. The van der Waals surface area contributed by atoms with E-state index in [-0.39, 0.29) is 11.9 Å². The molecule has 0 spiro atoms. The van der Waals surface area contributed by atoms with Gasteiger partial charge in [0, 0.05) is 31.0 Å². The minimum atomic E-state index is -0.308. The second-order valence-electron chi connectivity index (χ2n) is 8.71. The van der Waals surface area contributed by atoms with Crippen molar-refractivity contribution < 1.29 is 18.8 Å². The van der Waals surface area contributed by atoms with E-state index in [4.69, 9.17) is 19.7 Å². The van der Waals surface area contributed by atoms with E-state index in [0.29, 0.717) is 28.9 Å². The number of nitrogens with one attached hydrogen (secondary N) is 2. The van der Waals surface area contributed by atoms with Crippen LogP contribution in [-0.2, 0) is 4.74 Å². The second kappa shape index (κ2) is 10.7. The van der Waals surface area contributed by atoms with Gasteiger partial charge >= 0.3 is 6.03 Å². The molecule has 0 saturated carbocycles. The number of morpholine rings is 1. The number of benzene rings is 3. The van der Waals surface area contributed by atoms with Crippen LogP contribution in [0.3, 0.4) is 0 Å². The van der Waals surface area contributed by atoms with Gasteiger partial charge in [-0.1, -0.05) is 29.4 Å². The van der Waals surface area contributed by atoms with E-state index in [1.165, 1.54) is 0 Å². The molecule has 0 aliphatic carbocycles. The Morgan fingerprint density at radius 2 is 1.83 bits per heavy atom. The summed E-state index contributed by atoms with van der Waals surface area (Å²) in [4.78, 5) is 14.7. The highest BCUT2D eigenvalue weighted by Gasteiger charge is 2.17. The number of anilines is 3. The van der Waals surface area contributed by atoms with Crippen molar-refractivity contribution >= 4 is 34.2 Å². The van der Waals surface area contributed by atoms with E-state index < -0.39 is 0 Å². The van der Waals surface area contributed by atoms with Gasteiger partial charge in [-0.05, 0) is 60.0 Å². The van der Waals surface area contributed by atoms with Gasteiger partial charge in [0.25, 0.3) is 0 Å². The Morgan fingerprint density at radius 3 is 2.61 bits per heavy atom. The quantitative estimate of drug-likeness (QED) is 0.345. The number of carbonyl (C=O) groups is 1. The van der Waals surface area contributed by atoms with E-state index in [9.17, 15) is 4.79 Å². The molecule has 2 heterocycles. The molecule has 1 aliphatic rings. The predicted molar refractivity (Wildman–Crippen MR) is 140 cm³/mol. The van der Waals surface area contributed by atoms with Crippen molar-refractivity contribution in [2.45, 2.75) is 6.92 Å². The molecule has 186 valence electrons. The fourth-order valence-corrected chi connectivity index (χ4v) is 4.27. The molecule has 36 heavy (non-hydrogen) atoms. The molecule has 9 heteroatoms. The number of aromatic nitrogens is 1. The Kier molecular flexibility index (Phi) is 7.01. The molecule has 0 unspecified atom stereocenters. The van der Waals surface area contributed by atoms with Crippen molar-refractivity contribution in [3.63, 3.8) is 0 Å². The Morgan fingerprint density at radius 1 is 1.06 bits per heavy atom. The molecule has 3 aromatic carbocycles. The van der Waals surface area contributed by atoms with Gasteiger partial charge in [-0.15, -0.1) is 0 Å². The Labute approximate surface area is 209 Å². The first-order valence-electron chi connectivity index (χ1n) is 11.9. The highest BCUT2D eigenvalue weighted by atomic mass is 16.5. The number of urea groups is 1. The summed E-state index contributed by atoms with van der Waals surface area (Å²) < 4.78 is 16.7. The number of amides is 2. The van der Waals surface area contributed by atoms with Crippen molar-refractivity contribution in [2.24, 2.45) is 0 Å². The minimum absolute atomic E-state index is 0.235. The van der Waals surface area contributed by atoms with Crippen molar-refractivity contribution in [1.29, 1.82) is 0 Å². The Hall–Kier alpha value is -4.08. The fourth-order valence-electron chi connectivity index (χ4n) is 4.27. The molecular weight excluding hydrogens is 458 g/mol. The van der Waals surface area contributed by atoms with Crippen LogP contribution in [-0.4, -0.2) is 55.5 Å². The molecule has 0 atom stereocenters. The second-order valence-corrected chi connectivity index (χ2v) is 8.71. The summed E-state index contributed by atoms with van der Waals surface area (Å²) in [7, 11) is 0. The molecule has 1 aliphatic heterocycles. The normalized spacial score (nSPS) is 14.0. The maximum Gasteiger partial charge on any atom is 0.323 e. The van der Waals surface area contributed by atoms with Gasteiger partial charge in [0.05, 0.1) is 18.6 Å². The minimum Gasteiger partial charge on any atom is -0.490 e. The first-order valence-corrected chi connectivity index (χ1v) is 11.9. The molecule has 2 amide bonds. The van der Waals surface area contributed by atoms with Crippen LogP contribution in [0, 0.1) is 6.92 Å². The first kappa shape index (κ1) is 23.7. The zero-order valence-corrected chi connectivity index (χ0v) is 20.1. The number of hydrogen-bond acceptors (Lipinski definition) is 7. The van der Waals surface area contributed by atoms with E-state index in [2.05, 4.69) is 20.7 Å². The lowest BCUT2D eigenvalue weighted by Gasteiger charge is -2.26. The smallest absolute Gasteiger partial charge is 0.323 e. The van der Waals surface area contributed by atoms with Crippen LogP contribution in [0.25, 0.3) is 22.0 Å². The maximum absolute atomic E-state index is 12.4. The molecule has 0 radical (unpaired) electrons. The average Bonchev–Trinajstić information content (AvgIpc) is 3.27. The van der Waals surface area contributed by atoms with Gasteiger partial charge in [-0.3, -0.25) is 4.90 Å². The zero-order chi connectivity index (χ0) is 24.9. The summed E-state index contributed by atoms with van der Waals surface area (Å²) in [6.07, 6.45) is 0. The van der Waals surface area contributed by atoms with Gasteiger partial charge in [-0.25, -0.2) is 4.79 Å². The topological polar surface area (TPSA) is 115 Å². The molecule has 4 aromatic rings. The van der Waals surface area contributed by atoms with Crippen LogP contribution in [0.2, 0.25) is 0 Å². The number of nitrogen functional groups attached to an aromatic ring is 1. The fraction of sp³-hybridized carbons (Fsp3) is 0.259. The zero-order valence-electron chi connectivity index (χ0n) is 20.1. The molecule has 1 fully saturated rings. The summed E-state index contributed by atoms with van der Waals surface area (Å²) >= 11 is 0. The molecule has 4 N–H and O–H groups in total. The standard InChI is InChI=1S/C27H29N5O4/c1-18-3-2-4-21(17-18)30-27(33)29-20-7-5-19(6-8-20)22-9-10-23(25-24(22)26(28)36-31-25)35-16-13-32-11-14-34-15-12-32/h2-10,17H,11-16,28H2,1H3,(H2,29,30,33). The van der Waals surface area contributed by atoms with E-state index in [1.807, 2.05) is 67.6 Å². The maximum atomic E-state index is 12.4. The van der Waals surface area contributed by atoms with Gasteiger partial charge in [-0.2, -0.15) is 0 Å². The van der Waals surface area contributed by atoms with E-state index in [0.717, 1.165) is 55.2 Å². The number of nitrogens with two attached hydrogens (primary N) is 1. The molecular formula is C27H29N5O4. The first-order chi connectivity index (χ1) is 17.6. The Bertz CT molecular complexity index is 1350. The summed E-state index contributed by atoms with van der Waals surface area (Å²) in [5, 5.41) is 10.5. The lowest BCUT2D eigenvalue weighted by atomic mass is 10.0. The third kappa shape index (κ3) is 5.42. The molecule has 5 rings (SSSR count). The van der Waals surface area contributed by atoms with Gasteiger partial charge in [0.2, 0.25) is 5.88 Å². The molecule has 1 saturated heterocycles. The Balaban J connectivity index is 1.27. The van der Waals surface area contributed by atoms with Crippen molar-refractivity contribution in [3.8, 4) is 16.9 Å². The van der Waals surface area contributed by atoms with Gasteiger partial charge in [0.15, 0.2) is 5.52 Å². The highest BCUT2D eigenvalue weighted by Crippen LogP contribution is 2.37. The third-order valence-corrected chi connectivity index (χ3v) is 6.12. The lowest BCUT2D eigenvalue weighted by molar-refractivity contribution is 0.0323. The number of fused-ring (bicyclic) bond motifs is 1. The number of carbonyl (C=O) groups excluding carboxylic acids is 1. The largest absolute Gasteiger partial charge is 0.490 e. The predicted octanol–water partition coefficient (Wildman–Crippen LogP) is 4.74. The number of ether oxygens (including phenoxy) is 2. The van der Waals surface area contributed by atoms with Crippen molar-refractivity contribution in [2.75, 3.05) is 55.8 Å². The molecule has 9 nitrogen and oxygen atoms in total. The number of hydrogen-bond donors (Lipinski definition) is 3. The highest BCUT2D eigenvalue weighted by molar-refractivity contribution is 6.04. The van der Waals surface area contributed by atoms with Crippen molar-refractivity contribution in [1.82, 2.24) is 10.1 Å². The monoisotopic (exact) mass is 487 g/mol. The number of aryl methyl sites for hydroxylation is 1. The van der Waals surface area contributed by atoms with Gasteiger partial charge < -0.3 is 30.4 Å². The summed E-state index contributed by atoms with van der Waals surface area (Å²) in [5.74, 6) is 0.868. The third-order valence-electron chi connectivity index (χ3n) is 6.12. The van der Waals surface area contributed by atoms with Crippen molar-refractivity contribution in [3.05, 3.63) is 66.2 Å². The van der Waals surface area contributed by atoms with Crippen LogP contribution in [0.1, 0.15) is 5.56 Å². The summed E-state index contributed by atoms with van der Waals surface area (Å²) in [5.41, 5.74) is 11.0. The molecule has 1 aromatic heterocycles. The van der Waals surface area contributed by atoms with Gasteiger partial charge in [0.1, 0.15) is 12.4 Å².